The molecule has 2 amide bonds. The molecule has 4 heteroatoms. The van der Waals surface area contributed by atoms with Crippen LogP contribution in [0.3, 0.4) is 0 Å². The Morgan fingerprint density at radius 2 is 1.48 bits per heavy atom. The first-order valence-corrected chi connectivity index (χ1v) is 12.0. The highest BCUT2D eigenvalue weighted by molar-refractivity contribution is 5.94. The van der Waals surface area contributed by atoms with Crippen LogP contribution in [0, 0.1) is 0 Å². The first-order chi connectivity index (χ1) is 16.3. The molecule has 4 rings (SSSR count). The molecule has 33 heavy (non-hydrogen) atoms. The summed E-state index contributed by atoms with van der Waals surface area (Å²) in [7, 11) is 0. The van der Waals surface area contributed by atoms with Crippen LogP contribution >= 0.6 is 0 Å². The molecular formula is C29H33N3O. The number of nitrogens with zero attached hydrogens (tertiary/aromatic N) is 2. The highest BCUT2D eigenvalue weighted by Crippen LogP contribution is 2.28. The monoisotopic (exact) mass is 439 g/mol. The Bertz CT molecular complexity index is 995. The van der Waals surface area contributed by atoms with Gasteiger partial charge >= 0.3 is 6.03 Å². The fraction of sp³-hybridized carbons (Fsp3) is 0.310. The molecule has 0 radical (unpaired) electrons. The fourth-order valence-electron chi connectivity index (χ4n) is 4.52. The number of amides is 2. The maximum absolute atomic E-state index is 13.2. The molecule has 1 unspecified atom stereocenters. The molecule has 1 heterocycles. The molecule has 0 aromatic heterocycles. The molecule has 4 nitrogen and oxygen atoms in total. The van der Waals surface area contributed by atoms with Gasteiger partial charge in [0, 0.05) is 24.1 Å². The number of hydrazone groups is 1. The maximum atomic E-state index is 13.2. The van der Waals surface area contributed by atoms with E-state index in [0.717, 1.165) is 18.6 Å². The second kappa shape index (κ2) is 11.5. The van der Waals surface area contributed by atoms with Crippen molar-refractivity contribution in [3.8, 4) is 0 Å². The minimum atomic E-state index is -0.127. The Kier molecular flexibility index (Phi) is 7.91. The van der Waals surface area contributed by atoms with Gasteiger partial charge in [-0.15, -0.1) is 0 Å². The van der Waals surface area contributed by atoms with Crippen LogP contribution in [-0.2, 0) is 0 Å². The number of unbranched alkanes of at least 4 members (excludes halogenated alkanes) is 2. The number of rotatable bonds is 9. The van der Waals surface area contributed by atoms with Crippen LogP contribution in [0.4, 0.5) is 4.79 Å². The lowest BCUT2D eigenvalue weighted by Crippen LogP contribution is -2.38. The standard InChI is InChI=1S/C29H33N3O/c1-2-3-7-20-28-27(25-18-12-6-13-19-25)22-32(31-28)29(33)30-21-26(23-14-8-4-9-15-23)24-16-10-5-11-17-24/h4-6,8-19,26-27H,2-3,7,20-22H2,1H3,(H,30,33). The van der Waals surface area contributed by atoms with E-state index in [9.17, 15) is 4.79 Å². The molecule has 1 aliphatic rings. The van der Waals surface area contributed by atoms with E-state index in [2.05, 4.69) is 60.8 Å². The van der Waals surface area contributed by atoms with E-state index in [0.29, 0.717) is 13.1 Å². The Morgan fingerprint density at radius 3 is 2.06 bits per heavy atom. The molecule has 0 bridgehead atoms. The lowest BCUT2D eigenvalue weighted by molar-refractivity contribution is 0.203. The minimum absolute atomic E-state index is 0.0943. The fourth-order valence-corrected chi connectivity index (χ4v) is 4.52. The van der Waals surface area contributed by atoms with Crippen molar-refractivity contribution in [2.24, 2.45) is 5.10 Å². The minimum Gasteiger partial charge on any atom is -0.336 e. The Balaban J connectivity index is 1.47. The van der Waals surface area contributed by atoms with Gasteiger partial charge in [0.2, 0.25) is 0 Å². The molecule has 3 aromatic rings. The number of hydrogen-bond acceptors (Lipinski definition) is 2. The number of hydrogen-bond donors (Lipinski definition) is 1. The van der Waals surface area contributed by atoms with E-state index < -0.39 is 0 Å². The molecule has 0 fully saturated rings. The number of nitrogens with one attached hydrogen (secondary N) is 1. The highest BCUT2D eigenvalue weighted by atomic mass is 16.2. The largest absolute Gasteiger partial charge is 0.337 e. The van der Waals surface area contributed by atoms with E-state index in [4.69, 9.17) is 5.10 Å². The summed E-state index contributed by atoms with van der Waals surface area (Å²) < 4.78 is 0. The Hall–Kier alpha value is -3.40. The summed E-state index contributed by atoms with van der Waals surface area (Å²) in [4.78, 5) is 13.2. The third-order valence-electron chi connectivity index (χ3n) is 6.34. The van der Waals surface area contributed by atoms with Crippen molar-refractivity contribution in [3.63, 3.8) is 0 Å². The molecule has 3 aromatic carbocycles. The zero-order chi connectivity index (χ0) is 22.9. The smallest absolute Gasteiger partial charge is 0.336 e. The summed E-state index contributed by atoms with van der Waals surface area (Å²) in [5.41, 5.74) is 4.73. The average molecular weight is 440 g/mol. The van der Waals surface area contributed by atoms with Crippen LogP contribution in [0.5, 0.6) is 0 Å². The van der Waals surface area contributed by atoms with Crippen LogP contribution in [0.15, 0.2) is 96.1 Å². The van der Waals surface area contributed by atoms with Crippen molar-refractivity contribution < 1.29 is 4.79 Å². The average Bonchev–Trinajstić information content (AvgIpc) is 3.30. The number of benzene rings is 3. The molecule has 0 spiro atoms. The Morgan fingerprint density at radius 1 is 0.909 bits per heavy atom. The molecule has 170 valence electrons. The van der Waals surface area contributed by atoms with Gasteiger partial charge in [-0.3, -0.25) is 0 Å². The maximum Gasteiger partial charge on any atom is 0.337 e. The van der Waals surface area contributed by atoms with Crippen molar-refractivity contribution in [2.75, 3.05) is 13.1 Å². The molecule has 0 saturated carbocycles. The third-order valence-corrected chi connectivity index (χ3v) is 6.34. The summed E-state index contributed by atoms with van der Waals surface area (Å²) in [6, 6.07) is 31.0. The number of carbonyl (C=O) groups excluding carboxylic acids is 1. The number of urea groups is 1. The van der Waals surface area contributed by atoms with Gasteiger partial charge in [0.15, 0.2) is 0 Å². The van der Waals surface area contributed by atoms with Crippen LogP contribution in [0.25, 0.3) is 0 Å². The van der Waals surface area contributed by atoms with E-state index in [1.54, 1.807) is 5.01 Å². The first kappa shape index (κ1) is 22.8. The van der Waals surface area contributed by atoms with Crippen molar-refractivity contribution in [1.82, 2.24) is 10.3 Å². The quantitative estimate of drug-likeness (QED) is 0.377. The van der Waals surface area contributed by atoms with E-state index in [1.165, 1.54) is 29.5 Å². The van der Waals surface area contributed by atoms with Gasteiger partial charge in [-0.1, -0.05) is 111 Å². The van der Waals surface area contributed by atoms with Crippen LogP contribution in [0.2, 0.25) is 0 Å². The van der Waals surface area contributed by atoms with E-state index >= 15 is 0 Å². The van der Waals surface area contributed by atoms with Crippen molar-refractivity contribution in [1.29, 1.82) is 0 Å². The van der Waals surface area contributed by atoms with Crippen LogP contribution < -0.4 is 5.32 Å². The highest BCUT2D eigenvalue weighted by Gasteiger charge is 2.31. The second-order valence-corrected chi connectivity index (χ2v) is 8.65. The van der Waals surface area contributed by atoms with Gasteiger partial charge in [-0.2, -0.15) is 5.10 Å². The normalized spacial score (nSPS) is 15.5. The van der Waals surface area contributed by atoms with E-state index in [1.807, 2.05) is 42.5 Å². The third kappa shape index (κ3) is 5.89. The van der Waals surface area contributed by atoms with Gasteiger partial charge in [0.1, 0.15) is 0 Å². The molecular weight excluding hydrogens is 406 g/mol. The van der Waals surface area contributed by atoms with Gasteiger partial charge in [-0.05, 0) is 29.5 Å². The SMILES string of the molecule is CCCCCC1=NN(C(=O)NCC(c2ccccc2)c2ccccc2)CC1c1ccccc1. The zero-order valence-corrected chi connectivity index (χ0v) is 19.4. The topological polar surface area (TPSA) is 44.7 Å². The zero-order valence-electron chi connectivity index (χ0n) is 19.4. The summed E-state index contributed by atoms with van der Waals surface area (Å²) in [5.74, 6) is 0.268. The lowest BCUT2D eigenvalue weighted by Gasteiger charge is -2.21. The molecule has 1 N–H and O–H groups in total. The summed E-state index contributed by atoms with van der Waals surface area (Å²) in [5, 5.41) is 9.57. The van der Waals surface area contributed by atoms with Gasteiger partial charge in [-0.25, -0.2) is 9.80 Å². The molecule has 0 aliphatic carbocycles. The van der Waals surface area contributed by atoms with Crippen molar-refractivity contribution >= 4 is 11.7 Å². The van der Waals surface area contributed by atoms with Gasteiger partial charge in [0.05, 0.1) is 6.54 Å². The number of carbonyl (C=O) groups is 1. The van der Waals surface area contributed by atoms with Crippen LogP contribution in [0.1, 0.15) is 61.1 Å². The summed E-state index contributed by atoms with van der Waals surface area (Å²) >= 11 is 0. The molecule has 1 atom stereocenters. The van der Waals surface area contributed by atoms with E-state index in [-0.39, 0.29) is 17.9 Å². The molecule has 0 saturated heterocycles. The predicted octanol–water partition coefficient (Wildman–Crippen LogP) is 6.56. The van der Waals surface area contributed by atoms with Crippen LogP contribution in [-0.4, -0.2) is 29.8 Å². The summed E-state index contributed by atoms with van der Waals surface area (Å²) in [6.45, 7) is 3.33. The Labute approximate surface area is 197 Å². The van der Waals surface area contributed by atoms with Crippen molar-refractivity contribution in [2.45, 2.75) is 44.4 Å². The van der Waals surface area contributed by atoms with Gasteiger partial charge < -0.3 is 5.32 Å². The van der Waals surface area contributed by atoms with Gasteiger partial charge in [0.25, 0.3) is 0 Å². The summed E-state index contributed by atoms with van der Waals surface area (Å²) in [6.07, 6.45) is 4.41. The second-order valence-electron chi connectivity index (χ2n) is 8.65. The first-order valence-electron chi connectivity index (χ1n) is 12.0. The lowest BCUT2D eigenvalue weighted by atomic mass is 9.91. The predicted molar refractivity (Wildman–Crippen MR) is 136 cm³/mol. The molecule has 1 aliphatic heterocycles. The van der Waals surface area contributed by atoms with Crippen molar-refractivity contribution in [3.05, 3.63) is 108 Å².